The van der Waals surface area contributed by atoms with Gasteiger partial charge in [-0.2, -0.15) is 5.10 Å². The maximum atomic E-state index is 4.41. The molecule has 88 valence electrons. The first-order chi connectivity index (χ1) is 8.86. The van der Waals surface area contributed by atoms with Gasteiger partial charge in [-0.3, -0.25) is 0 Å². The van der Waals surface area contributed by atoms with E-state index in [-0.39, 0.29) is 0 Å². The van der Waals surface area contributed by atoms with Crippen LogP contribution < -0.4 is 0 Å². The third kappa shape index (κ3) is 1.97. The van der Waals surface area contributed by atoms with Crippen LogP contribution in [-0.4, -0.2) is 9.78 Å². The van der Waals surface area contributed by atoms with Crippen molar-refractivity contribution in [3.63, 3.8) is 0 Å². The molecule has 3 rings (SSSR count). The van der Waals surface area contributed by atoms with Crippen molar-refractivity contribution in [2.45, 2.75) is 0 Å². The summed E-state index contributed by atoms with van der Waals surface area (Å²) in [6.45, 7) is 0. The Morgan fingerprint density at radius 2 is 1.56 bits per heavy atom. The smallest absolute Gasteiger partial charge is 0.0794 e. The van der Waals surface area contributed by atoms with Crippen molar-refractivity contribution in [3.8, 4) is 16.9 Å². The number of hydrogen-bond donors (Lipinski definition) is 0. The van der Waals surface area contributed by atoms with Gasteiger partial charge in [0, 0.05) is 10.0 Å². The van der Waals surface area contributed by atoms with Gasteiger partial charge in [0.05, 0.1) is 17.6 Å². The van der Waals surface area contributed by atoms with E-state index in [4.69, 9.17) is 0 Å². The fourth-order valence-electron chi connectivity index (χ4n) is 1.95. The maximum absolute atomic E-state index is 4.41. The molecule has 0 fully saturated rings. The van der Waals surface area contributed by atoms with Crippen LogP contribution in [0.15, 0.2) is 71.3 Å². The van der Waals surface area contributed by atoms with Crippen LogP contribution in [-0.2, 0) is 0 Å². The van der Waals surface area contributed by atoms with Gasteiger partial charge in [0.25, 0.3) is 0 Å². The van der Waals surface area contributed by atoms with Crippen LogP contribution in [0.3, 0.4) is 0 Å². The third-order valence-electron chi connectivity index (χ3n) is 2.79. The first kappa shape index (κ1) is 11.2. The van der Waals surface area contributed by atoms with Crippen LogP contribution in [0.4, 0.5) is 0 Å². The molecular formula is C15H11BrN2. The fourth-order valence-corrected chi connectivity index (χ4v) is 2.40. The van der Waals surface area contributed by atoms with Crippen molar-refractivity contribution in [3.05, 3.63) is 71.3 Å². The highest BCUT2D eigenvalue weighted by atomic mass is 79.9. The summed E-state index contributed by atoms with van der Waals surface area (Å²) in [4.78, 5) is 0. The zero-order valence-corrected chi connectivity index (χ0v) is 11.2. The molecule has 3 heteroatoms. The van der Waals surface area contributed by atoms with E-state index in [9.17, 15) is 0 Å². The number of para-hydroxylation sites is 1. The van der Waals surface area contributed by atoms with Gasteiger partial charge in [-0.25, -0.2) is 4.68 Å². The first-order valence-electron chi connectivity index (χ1n) is 5.70. The molecule has 2 aromatic carbocycles. The second-order valence-electron chi connectivity index (χ2n) is 3.95. The normalized spacial score (nSPS) is 10.5. The summed E-state index contributed by atoms with van der Waals surface area (Å²) in [6.07, 6.45) is 1.82. The average molecular weight is 299 g/mol. The highest BCUT2D eigenvalue weighted by Gasteiger charge is 2.08. The van der Waals surface area contributed by atoms with E-state index < -0.39 is 0 Å². The van der Waals surface area contributed by atoms with Crippen molar-refractivity contribution in [1.29, 1.82) is 0 Å². The van der Waals surface area contributed by atoms with Crippen molar-refractivity contribution in [2.75, 3.05) is 0 Å². The lowest BCUT2D eigenvalue weighted by molar-refractivity contribution is 0.883. The Kier molecular flexibility index (Phi) is 2.99. The zero-order valence-electron chi connectivity index (χ0n) is 9.62. The lowest BCUT2D eigenvalue weighted by atomic mass is 10.1. The third-order valence-corrected chi connectivity index (χ3v) is 3.46. The molecule has 0 amide bonds. The van der Waals surface area contributed by atoms with Crippen LogP contribution in [0.1, 0.15) is 0 Å². The van der Waals surface area contributed by atoms with E-state index >= 15 is 0 Å². The van der Waals surface area contributed by atoms with Gasteiger partial charge >= 0.3 is 0 Å². The van der Waals surface area contributed by atoms with Crippen molar-refractivity contribution in [1.82, 2.24) is 9.78 Å². The number of nitrogens with zero attached hydrogens (tertiary/aromatic N) is 2. The van der Waals surface area contributed by atoms with Crippen LogP contribution in [0.5, 0.6) is 0 Å². The van der Waals surface area contributed by atoms with Crippen molar-refractivity contribution in [2.24, 2.45) is 0 Å². The van der Waals surface area contributed by atoms with Gasteiger partial charge in [-0.15, -0.1) is 0 Å². The molecule has 0 spiro atoms. The predicted octanol–water partition coefficient (Wildman–Crippen LogP) is 4.30. The summed E-state index contributed by atoms with van der Waals surface area (Å²) in [5.74, 6) is 0. The number of rotatable bonds is 2. The minimum absolute atomic E-state index is 1.03. The Balaban J connectivity index is 2.16. The molecule has 18 heavy (non-hydrogen) atoms. The van der Waals surface area contributed by atoms with E-state index in [1.807, 2.05) is 59.4 Å². The molecule has 1 aromatic heterocycles. The average Bonchev–Trinajstić information content (AvgIpc) is 2.89. The van der Waals surface area contributed by atoms with Gasteiger partial charge in [-0.05, 0) is 34.1 Å². The van der Waals surface area contributed by atoms with Crippen LogP contribution >= 0.6 is 15.9 Å². The lowest BCUT2D eigenvalue weighted by Gasteiger charge is -2.09. The first-order valence-corrected chi connectivity index (χ1v) is 6.50. The summed E-state index contributed by atoms with van der Waals surface area (Å²) >= 11 is 3.56. The molecule has 0 bridgehead atoms. The minimum atomic E-state index is 1.03. The number of halogens is 1. The molecule has 0 radical (unpaired) electrons. The van der Waals surface area contributed by atoms with Gasteiger partial charge in [0.1, 0.15) is 0 Å². The highest BCUT2D eigenvalue weighted by Crippen LogP contribution is 2.26. The highest BCUT2D eigenvalue weighted by molar-refractivity contribution is 9.10. The summed E-state index contributed by atoms with van der Waals surface area (Å²) in [6, 6.07) is 20.4. The summed E-state index contributed by atoms with van der Waals surface area (Å²) in [7, 11) is 0. The van der Waals surface area contributed by atoms with Gasteiger partial charge in [0.2, 0.25) is 0 Å². The molecule has 0 aliphatic heterocycles. The van der Waals surface area contributed by atoms with Crippen LogP contribution in [0.25, 0.3) is 16.9 Å². The minimum Gasteiger partial charge on any atom is -0.232 e. The van der Waals surface area contributed by atoms with E-state index in [1.54, 1.807) is 0 Å². The van der Waals surface area contributed by atoms with Crippen LogP contribution in [0.2, 0.25) is 0 Å². The molecule has 0 N–H and O–H groups in total. The van der Waals surface area contributed by atoms with Gasteiger partial charge < -0.3 is 0 Å². The molecule has 0 unspecified atom stereocenters. The summed E-state index contributed by atoms with van der Waals surface area (Å²) in [5, 5.41) is 4.41. The molecule has 3 aromatic rings. The van der Waals surface area contributed by atoms with Gasteiger partial charge in [-0.1, -0.05) is 42.5 Å². The maximum Gasteiger partial charge on any atom is 0.0794 e. The molecule has 0 saturated carbocycles. The Labute approximate surface area is 114 Å². The predicted molar refractivity (Wildman–Crippen MR) is 76.7 cm³/mol. The van der Waals surface area contributed by atoms with E-state index in [1.165, 1.54) is 0 Å². The van der Waals surface area contributed by atoms with E-state index in [0.717, 1.165) is 21.4 Å². The quantitative estimate of drug-likeness (QED) is 0.690. The van der Waals surface area contributed by atoms with E-state index in [0.29, 0.717) is 0 Å². The lowest BCUT2D eigenvalue weighted by Crippen LogP contribution is -1.99. The fraction of sp³-hybridized carbons (Fsp3) is 0. The number of aromatic nitrogens is 2. The van der Waals surface area contributed by atoms with Gasteiger partial charge in [0.15, 0.2) is 0 Å². The molecule has 2 nitrogen and oxygen atoms in total. The Morgan fingerprint density at radius 3 is 2.33 bits per heavy atom. The Bertz CT molecular complexity index is 659. The Morgan fingerprint density at radius 1 is 0.833 bits per heavy atom. The molecule has 0 aliphatic rings. The molecule has 0 aliphatic carbocycles. The van der Waals surface area contributed by atoms with Crippen LogP contribution in [0, 0.1) is 0 Å². The van der Waals surface area contributed by atoms with E-state index in [2.05, 4.69) is 33.2 Å². The Hall–Kier alpha value is -1.87. The molecular weight excluding hydrogens is 288 g/mol. The number of benzene rings is 2. The topological polar surface area (TPSA) is 17.8 Å². The SMILES string of the molecule is Brc1ccccc1-n1nccc1-c1ccccc1. The standard InChI is InChI=1S/C15H11BrN2/c16-13-8-4-5-9-15(13)18-14(10-11-17-18)12-6-2-1-3-7-12/h1-11H. The second-order valence-corrected chi connectivity index (χ2v) is 4.80. The monoisotopic (exact) mass is 298 g/mol. The molecule has 0 atom stereocenters. The zero-order chi connectivity index (χ0) is 12.4. The summed E-state index contributed by atoms with van der Waals surface area (Å²) in [5.41, 5.74) is 3.29. The van der Waals surface area contributed by atoms with Crippen molar-refractivity contribution >= 4 is 15.9 Å². The molecule has 1 heterocycles. The largest absolute Gasteiger partial charge is 0.232 e. The number of hydrogen-bond acceptors (Lipinski definition) is 1. The summed E-state index contributed by atoms with van der Waals surface area (Å²) < 4.78 is 2.98. The van der Waals surface area contributed by atoms with Crippen molar-refractivity contribution < 1.29 is 0 Å². The second kappa shape index (κ2) is 4.78. The molecule has 0 saturated heterocycles.